The van der Waals surface area contributed by atoms with Gasteiger partial charge in [-0.25, -0.2) is 0 Å². The minimum absolute atomic E-state index is 0.0142. The van der Waals surface area contributed by atoms with Crippen molar-refractivity contribution >= 4 is 11.8 Å². The highest BCUT2D eigenvalue weighted by molar-refractivity contribution is 5.92. The third-order valence-corrected chi connectivity index (χ3v) is 7.45. The first kappa shape index (κ1) is 17.2. The van der Waals surface area contributed by atoms with E-state index in [9.17, 15) is 9.59 Å². The van der Waals surface area contributed by atoms with Crippen molar-refractivity contribution in [2.75, 3.05) is 26.2 Å². The lowest BCUT2D eigenvalue weighted by Crippen LogP contribution is -2.55. The number of hydrogen-bond donors (Lipinski definition) is 0. The van der Waals surface area contributed by atoms with Crippen molar-refractivity contribution in [2.45, 2.75) is 44.9 Å². The van der Waals surface area contributed by atoms with Crippen LogP contribution in [0.25, 0.3) is 0 Å². The first-order valence-corrected chi connectivity index (χ1v) is 10.6. The second-order valence-electron chi connectivity index (χ2n) is 9.35. The normalized spacial score (nSPS) is 35.2. The van der Waals surface area contributed by atoms with Gasteiger partial charge in [0, 0.05) is 32.4 Å². The Morgan fingerprint density at radius 2 is 1.52 bits per heavy atom. The number of rotatable bonds is 2. The molecule has 5 fully saturated rings. The van der Waals surface area contributed by atoms with Crippen molar-refractivity contribution in [3.8, 4) is 0 Å². The number of aromatic nitrogens is 1. The van der Waals surface area contributed by atoms with Crippen LogP contribution in [0.4, 0.5) is 0 Å². The quantitative estimate of drug-likeness (QED) is 0.807. The summed E-state index contributed by atoms with van der Waals surface area (Å²) < 4.78 is 0. The number of nitrogens with zero attached hydrogens (tertiary/aromatic N) is 3. The van der Waals surface area contributed by atoms with Crippen LogP contribution in [0, 0.1) is 23.2 Å². The predicted octanol–water partition coefficient (Wildman–Crippen LogP) is 2.97. The smallest absolute Gasteiger partial charge is 0.272 e. The van der Waals surface area contributed by atoms with E-state index in [1.165, 1.54) is 19.3 Å². The van der Waals surface area contributed by atoms with E-state index in [0.29, 0.717) is 31.2 Å². The summed E-state index contributed by atoms with van der Waals surface area (Å²) in [7, 11) is 0. The number of carbonyl (C=O) groups excluding carboxylic acids is 2. The Morgan fingerprint density at radius 1 is 0.889 bits per heavy atom. The van der Waals surface area contributed by atoms with Gasteiger partial charge in [0.2, 0.25) is 5.91 Å². The van der Waals surface area contributed by atoms with Crippen LogP contribution in [-0.2, 0) is 4.79 Å². The number of carbonyl (C=O) groups is 2. The molecule has 4 bridgehead atoms. The van der Waals surface area contributed by atoms with E-state index < -0.39 is 0 Å². The molecular formula is C22H29N3O2. The van der Waals surface area contributed by atoms with Gasteiger partial charge in [0.15, 0.2) is 0 Å². The van der Waals surface area contributed by atoms with Gasteiger partial charge >= 0.3 is 0 Å². The largest absolute Gasteiger partial charge is 0.340 e. The second kappa shape index (κ2) is 6.61. The standard InChI is InChI=1S/C22H29N3O2/c26-20(19-4-1-2-5-23-19)24-6-3-7-25(9-8-24)21(27)22-13-16-10-17(14-22)12-18(11-16)15-22/h1-2,4-5,16-18H,3,6-15H2. The molecule has 1 aliphatic heterocycles. The summed E-state index contributed by atoms with van der Waals surface area (Å²) in [5, 5.41) is 0. The van der Waals surface area contributed by atoms with Crippen molar-refractivity contribution < 1.29 is 9.59 Å². The molecule has 0 N–H and O–H groups in total. The van der Waals surface area contributed by atoms with Gasteiger partial charge in [-0.05, 0) is 74.8 Å². The van der Waals surface area contributed by atoms with Crippen LogP contribution in [0.2, 0.25) is 0 Å². The Labute approximate surface area is 161 Å². The van der Waals surface area contributed by atoms with E-state index in [-0.39, 0.29) is 11.3 Å². The predicted molar refractivity (Wildman–Crippen MR) is 102 cm³/mol. The molecular weight excluding hydrogens is 338 g/mol. The molecule has 6 rings (SSSR count). The molecule has 4 aliphatic carbocycles. The van der Waals surface area contributed by atoms with E-state index in [0.717, 1.165) is 50.0 Å². The van der Waals surface area contributed by atoms with Crippen LogP contribution in [0.1, 0.15) is 55.4 Å². The Morgan fingerprint density at radius 3 is 2.15 bits per heavy atom. The Hall–Kier alpha value is -1.91. The molecule has 0 atom stereocenters. The van der Waals surface area contributed by atoms with E-state index in [2.05, 4.69) is 9.88 Å². The molecule has 4 saturated carbocycles. The zero-order valence-electron chi connectivity index (χ0n) is 16.0. The van der Waals surface area contributed by atoms with Crippen LogP contribution >= 0.6 is 0 Å². The summed E-state index contributed by atoms with van der Waals surface area (Å²) in [6.45, 7) is 2.78. The topological polar surface area (TPSA) is 53.5 Å². The van der Waals surface area contributed by atoms with E-state index >= 15 is 0 Å². The number of amides is 2. The molecule has 5 nitrogen and oxygen atoms in total. The first-order chi connectivity index (χ1) is 13.1. The molecule has 1 aromatic rings. The number of hydrogen-bond acceptors (Lipinski definition) is 3. The van der Waals surface area contributed by atoms with Crippen molar-refractivity contribution in [3.05, 3.63) is 30.1 Å². The fourth-order valence-electron chi connectivity index (χ4n) is 6.68. The number of pyridine rings is 1. The molecule has 27 heavy (non-hydrogen) atoms. The lowest BCUT2D eigenvalue weighted by molar-refractivity contribution is -0.157. The first-order valence-electron chi connectivity index (χ1n) is 10.6. The molecule has 2 heterocycles. The van der Waals surface area contributed by atoms with Gasteiger partial charge in [-0.1, -0.05) is 6.07 Å². The highest BCUT2D eigenvalue weighted by Gasteiger charge is 2.55. The molecule has 5 aliphatic rings. The Bertz CT molecular complexity index is 697. The van der Waals surface area contributed by atoms with Gasteiger partial charge in [0.05, 0.1) is 5.41 Å². The Balaban J connectivity index is 1.27. The van der Waals surface area contributed by atoms with Crippen LogP contribution in [0.5, 0.6) is 0 Å². The third kappa shape index (κ3) is 3.05. The highest BCUT2D eigenvalue weighted by Crippen LogP contribution is 2.60. The lowest BCUT2D eigenvalue weighted by Gasteiger charge is -2.56. The minimum Gasteiger partial charge on any atom is -0.340 e. The molecule has 1 aromatic heterocycles. The fourth-order valence-corrected chi connectivity index (χ4v) is 6.68. The fraction of sp³-hybridized carbons (Fsp3) is 0.682. The van der Waals surface area contributed by atoms with Crippen LogP contribution in [0.3, 0.4) is 0 Å². The monoisotopic (exact) mass is 367 g/mol. The van der Waals surface area contributed by atoms with Gasteiger partial charge in [0.25, 0.3) is 5.91 Å². The molecule has 5 heteroatoms. The SMILES string of the molecule is O=C(c1ccccn1)N1CCCN(C(=O)C23CC4CC(CC(C4)C2)C3)CC1. The molecule has 0 spiro atoms. The molecule has 0 unspecified atom stereocenters. The van der Waals surface area contributed by atoms with Crippen molar-refractivity contribution in [1.29, 1.82) is 0 Å². The minimum atomic E-state index is -0.0745. The average molecular weight is 367 g/mol. The maximum Gasteiger partial charge on any atom is 0.272 e. The molecule has 0 radical (unpaired) electrons. The van der Waals surface area contributed by atoms with E-state index in [4.69, 9.17) is 0 Å². The zero-order chi connectivity index (χ0) is 18.4. The summed E-state index contributed by atoms with van der Waals surface area (Å²) in [5.74, 6) is 2.74. The van der Waals surface area contributed by atoms with Gasteiger partial charge in [-0.2, -0.15) is 0 Å². The second-order valence-corrected chi connectivity index (χ2v) is 9.35. The zero-order valence-corrected chi connectivity index (χ0v) is 16.0. The summed E-state index contributed by atoms with van der Waals surface area (Å²) in [4.78, 5) is 34.4. The maximum absolute atomic E-state index is 13.6. The summed E-state index contributed by atoms with van der Waals surface area (Å²) in [6, 6.07) is 5.44. The van der Waals surface area contributed by atoms with Gasteiger partial charge in [-0.15, -0.1) is 0 Å². The van der Waals surface area contributed by atoms with Gasteiger partial charge in [-0.3, -0.25) is 14.6 Å². The highest BCUT2D eigenvalue weighted by atomic mass is 16.2. The lowest BCUT2D eigenvalue weighted by atomic mass is 9.49. The summed E-state index contributed by atoms with van der Waals surface area (Å²) in [6.07, 6.45) is 9.95. The summed E-state index contributed by atoms with van der Waals surface area (Å²) >= 11 is 0. The third-order valence-electron chi connectivity index (χ3n) is 7.45. The van der Waals surface area contributed by atoms with Crippen LogP contribution in [0.15, 0.2) is 24.4 Å². The van der Waals surface area contributed by atoms with Crippen LogP contribution < -0.4 is 0 Å². The molecule has 2 amide bonds. The average Bonchev–Trinajstić information content (AvgIpc) is 2.92. The van der Waals surface area contributed by atoms with Crippen molar-refractivity contribution in [1.82, 2.24) is 14.8 Å². The molecule has 144 valence electrons. The molecule has 1 saturated heterocycles. The van der Waals surface area contributed by atoms with Crippen LogP contribution in [-0.4, -0.2) is 52.8 Å². The maximum atomic E-state index is 13.6. The van der Waals surface area contributed by atoms with Gasteiger partial charge in [0.1, 0.15) is 5.69 Å². The van der Waals surface area contributed by atoms with Crippen molar-refractivity contribution in [2.24, 2.45) is 23.2 Å². The van der Waals surface area contributed by atoms with E-state index in [1.807, 2.05) is 17.0 Å². The Kier molecular flexibility index (Phi) is 4.21. The van der Waals surface area contributed by atoms with Gasteiger partial charge < -0.3 is 9.80 Å². The summed E-state index contributed by atoms with van der Waals surface area (Å²) in [5.41, 5.74) is 0.424. The van der Waals surface area contributed by atoms with E-state index in [1.54, 1.807) is 12.3 Å². The van der Waals surface area contributed by atoms with Crippen molar-refractivity contribution in [3.63, 3.8) is 0 Å². The molecule has 0 aromatic carbocycles.